The highest BCUT2D eigenvalue weighted by atomic mass is 35.8. The van der Waals surface area contributed by atoms with E-state index < -0.39 is 15.0 Å². The highest BCUT2D eigenvalue weighted by Gasteiger charge is 2.19. The number of anilines is 1. The molecule has 0 radical (unpaired) electrons. The average molecular weight is 385 g/mol. The van der Waals surface area contributed by atoms with Gasteiger partial charge >= 0.3 is 6.73 Å². The summed E-state index contributed by atoms with van der Waals surface area (Å²) in [5.41, 5.74) is 4.31. The van der Waals surface area contributed by atoms with Crippen LogP contribution in [-0.2, 0) is 0 Å². The van der Waals surface area contributed by atoms with Crippen molar-refractivity contribution in [1.82, 2.24) is 0 Å². The molecule has 0 saturated heterocycles. The Morgan fingerprint density at radius 3 is 1.48 bits per heavy atom. The molecule has 0 heterocycles. The van der Waals surface area contributed by atoms with Crippen molar-refractivity contribution in [2.24, 2.45) is 0 Å². The third kappa shape index (κ3) is 9.14. The van der Waals surface area contributed by atoms with Gasteiger partial charge in [0.1, 0.15) is 8.24 Å². The lowest BCUT2D eigenvalue weighted by atomic mass is 9.93. The number of hydrogen-bond acceptors (Lipinski definition) is 1. The largest absolute Gasteiger partial charge is 0.410 e. The molecule has 0 fully saturated rings. The highest BCUT2D eigenvalue weighted by molar-refractivity contribution is 7.54. The molecule has 0 bridgehead atoms. The summed E-state index contributed by atoms with van der Waals surface area (Å²) in [6.07, 6.45) is 0. The minimum absolute atomic E-state index is 0.576. The van der Waals surface area contributed by atoms with Crippen molar-refractivity contribution in [2.75, 3.05) is 4.98 Å². The summed E-state index contributed by atoms with van der Waals surface area (Å²) < 4.78 is 0. The molecular weight excluding hydrogens is 357 g/mol. The molecule has 0 aromatic heterocycles. The fraction of sp³-hybridized carbons (Fsp3) is 0.600. The normalized spacial score (nSPS) is 11.7. The van der Waals surface area contributed by atoms with E-state index in [-0.39, 0.29) is 0 Å². The zero-order chi connectivity index (χ0) is 16.8. The third-order valence-electron chi connectivity index (χ3n) is 2.87. The molecule has 0 amide bonds. The first-order chi connectivity index (χ1) is 9.45. The van der Waals surface area contributed by atoms with Crippen molar-refractivity contribution in [3.8, 4) is 0 Å². The zero-order valence-corrected chi connectivity index (χ0v) is 18.5. The van der Waals surface area contributed by atoms with E-state index in [1.54, 1.807) is 0 Å². The molecule has 6 heteroatoms. The Balaban J connectivity index is 0.000000885. The van der Waals surface area contributed by atoms with Crippen LogP contribution in [0.2, 0.25) is 19.6 Å². The van der Waals surface area contributed by atoms with Crippen LogP contribution in [-0.4, -0.2) is 15.0 Å². The maximum Gasteiger partial charge on any atom is 0.326 e. The van der Waals surface area contributed by atoms with Crippen LogP contribution in [0.25, 0.3) is 0 Å². The molecule has 1 aromatic rings. The molecule has 1 rings (SSSR count). The van der Waals surface area contributed by atoms with Gasteiger partial charge in [-0.05, 0) is 23.0 Å². The second-order valence-electron chi connectivity index (χ2n) is 6.74. The Kier molecular flexibility index (Phi) is 9.61. The predicted octanol–water partition coefficient (Wildman–Crippen LogP) is 6.60. The second kappa shape index (κ2) is 9.46. The first-order valence-corrected chi connectivity index (χ1v) is 16.0. The summed E-state index contributed by atoms with van der Waals surface area (Å²) in [7, 11) is -1.30. The molecular formula is C15H28Cl3NSi2. The molecule has 122 valence electrons. The Morgan fingerprint density at radius 2 is 1.24 bits per heavy atom. The molecule has 0 aliphatic carbocycles. The van der Waals surface area contributed by atoms with E-state index in [1.165, 1.54) is 16.8 Å². The van der Waals surface area contributed by atoms with Crippen LogP contribution in [0, 0.1) is 0 Å². The molecule has 0 saturated carbocycles. The number of rotatable bonds is 4. The van der Waals surface area contributed by atoms with Crippen molar-refractivity contribution in [2.45, 2.75) is 59.2 Å². The van der Waals surface area contributed by atoms with Gasteiger partial charge in [-0.15, -0.1) is 33.2 Å². The zero-order valence-electron chi connectivity index (χ0n) is 14.1. The highest BCUT2D eigenvalue weighted by Crippen LogP contribution is 2.33. The maximum absolute atomic E-state index is 4.94. The van der Waals surface area contributed by atoms with Crippen LogP contribution in [0.15, 0.2) is 18.2 Å². The number of nitrogens with one attached hydrogen (secondary N) is 1. The quantitative estimate of drug-likeness (QED) is 0.455. The van der Waals surface area contributed by atoms with Gasteiger partial charge < -0.3 is 4.98 Å². The predicted molar refractivity (Wildman–Crippen MR) is 106 cm³/mol. The lowest BCUT2D eigenvalue weighted by molar-refractivity contribution is 0.839. The molecule has 0 atom stereocenters. The average Bonchev–Trinajstić information content (AvgIpc) is 2.25. The molecule has 0 aliphatic heterocycles. The number of hydrogen-bond donors (Lipinski definition) is 1. The van der Waals surface area contributed by atoms with Gasteiger partial charge in [0, 0.05) is 5.69 Å². The van der Waals surface area contributed by atoms with E-state index in [1.807, 2.05) is 0 Å². The van der Waals surface area contributed by atoms with Crippen molar-refractivity contribution in [1.29, 1.82) is 0 Å². The van der Waals surface area contributed by atoms with Crippen LogP contribution in [0.3, 0.4) is 0 Å². The van der Waals surface area contributed by atoms with Crippen LogP contribution < -0.4 is 4.98 Å². The molecule has 1 N–H and O–H groups in total. The van der Waals surface area contributed by atoms with E-state index in [0.717, 1.165) is 0 Å². The van der Waals surface area contributed by atoms with E-state index in [4.69, 9.17) is 33.2 Å². The topological polar surface area (TPSA) is 12.0 Å². The smallest absolute Gasteiger partial charge is 0.326 e. The van der Waals surface area contributed by atoms with Gasteiger partial charge in [0.2, 0.25) is 0 Å². The van der Waals surface area contributed by atoms with E-state index in [2.05, 4.69) is 70.5 Å². The van der Waals surface area contributed by atoms with Gasteiger partial charge in [0.05, 0.1) is 0 Å². The fourth-order valence-corrected chi connectivity index (χ4v) is 3.11. The summed E-state index contributed by atoms with van der Waals surface area (Å²) in [5, 5.41) is 0. The monoisotopic (exact) mass is 383 g/mol. The second-order valence-corrected chi connectivity index (χ2v) is 17.9. The molecule has 21 heavy (non-hydrogen) atoms. The molecule has 0 unspecified atom stereocenters. The van der Waals surface area contributed by atoms with Crippen LogP contribution >= 0.6 is 33.2 Å². The summed E-state index contributed by atoms with van der Waals surface area (Å²) in [4.78, 5) is 3.82. The Labute approximate surface area is 147 Å². The first-order valence-electron chi connectivity index (χ1n) is 7.29. The lowest BCUT2D eigenvalue weighted by Gasteiger charge is -2.27. The minimum atomic E-state index is -1.72. The summed E-state index contributed by atoms with van der Waals surface area (Å²) in [6.45, 7) is 14.4. The van der Waals surface area contributed by atoms with Gasteiger partial charge in [-0.2, -0.15) is 0 Å². The van der Waals surface area contributed by atoms with Gasteiger partial charge in [-0.3, -0.25) is 0 Å². The first kappa shape index (κ1) is 21.3. The summed E-state index contributed by atoms with van der Waals surface area (Å²) in [6, 6.07) is 6.72. The lowest BCUT2D eigenvalue weighted by Crippen LogP contribution is -2.33. The summed E-state index contributed by atoms with van der Waals surface area (Å²) in [5.74, 6) is 1.15. The fourth-order valence-electron chi connectivity index (χ4n) is 2.07. The summed E-state index contributed by atoms with van der Waals surface area (Å²) >= 11 is 14.8. The number of para-hydroxylation sites is 1. The van der Waals surface area contributed by atoms with Gasteiger partial charge in [0.15, 0.2) is 0 Å². The standard InChI is InChI=1S/C15H27NSi.Cl3HSi/c1-11(2)13-9-8-10-14(12(3)4)15(13)16-17(5,6)7;1-4(2)3/h8-12,16H,1-7H3;4H. The SMILES string of the molecule is CC(C)c1cccc(C(C)C)c1N[Si](C)(C)C.Cl[SiH](Cl)Cl. The van der Waals surface area contributed by atoms with E-state index in [9.17, 15) is 0 Å². The number of halogens is 3. The van der Waals surface area contributed by atoms with Gasteiger partial charge in [-0.1, -0.05) is 65.5 Å². The number of benzene rings is 1. The molecule has 1 nitrogen and oxygen atoms in total. The van der Waals surface area contributed by atoms with Gasteiger partial charge in [0.25, 0.3) is 0 Å². The van der Waals surface area contributed by atoms with Gasteiger partial charge in [-0.25, -0.2) is 0 Å². The van der Waals surface area contributed by atoms with Crippen molar-refractivity contribution < 1.29 is 0 Å². The van der Waals surface area contributed by atoms with Crippen molar-refractivity contribution >= 4 is 53.9 Å². The van der Waals surface area contributed by atoms with Crippen LogP contribution in [0.5, 0.6) is 0 Å². The minimum Gasteiger partial charge on any atom is -0.410 e. The van der Waals surface area contributed by atoms with Crippen molar-refractivity contribution in [3.05, 3.63) is 29.3 Å². The Bertz CT molecular complexity index is 400. The van der Waals surface area contributed by atoms with E-state index in [0.29, 0.717) is 11.8 Å². The molecule has 0 spiro atoms. The molecule has 0 aliphatic rings. The van der Waals surface area contributed by atoms with E-state index >= 15 is 0 Å². The Morgan fingerprint density at radius 1 is 0.905 bits per heavy atom. The van der Waals surface area contributed by atoms with Crippen LogP contribution in [0.1, 0.15) is 50.7 Å². The maximum atomic E-state index is 4.94. The molecule has 1 aromatic carbocycles. The van der Waals surface area contributed by atoms with Crippen LogP contribution in [0.4, 0.5) is 5.69 Å². The third-order valence-corrected chi connectivity index (χ3v) is 3.87. The Hall–Kier alpha value is 0.324. The van der Waals surface area contributed by atoms with Crippen molar-refractivity contribution in [3.63, 3.8) is 0 Å².